The van der Waals surface area contributed by atoms with Gasteiger partial charge in [-0.15, -0.1) is 0 Å². The van der Waals surface area contributed by atoms with E-state index in [1.807, 2.05) is 42.5 Å². The Kier molecular flexibility index (Phi) is 7.99. The van der Waals surface area contributed by atoms with Crippen LogP contribution in [0, 0.1) is 0 Å². The Balaban J connectivity index is 1.52. The van der Waals surface area contributed by atoms with Crippen LogP contribution in [-0.4, -0.2) is 38.6 Å². The molecule has 0 unspecified atom stereocenters. The summed E-state index contributed by atoms with van der Waals surface area (Å²) in [6, 6.07) is 16.3. The fourth-order valence-corrected chi connectivity index (χ4v) is 2.26. The van der Waals surface area contributed by atoms with Crippen molar-refractivity contribution in [3.05, 3.63) is 60.2 Å². The molecule has 0 aromatic heterocycles. The second-order valence-electron chi connectivity index (χ2n) is 5.60. The van der Waals surface area contributed by atoms with E-state index in [-0.39, 0.29) is 11.8 Å². The first kappa shape index (κ1) is 19.3. The fourth-order valence-electron chi connectivity index (χ4n) is 2.26. The van der Waals surface area contributed by atoms with Gasteiger partial charge in [-0.05, 0) is 42.8 Å². The number of carbonyl (C=O) groups is 2. The van der Waals surface area contributed by atoms with E-state index >= 15 is 0 Å². The lowest BCUT2D eigenvalue weighted by Gasteiger charge is -2.09. The lowest BCUT2D eigenvalue weighted by molar-refractivity contribution is -0.121. The van der Waals surface area contributed by atoms with Gasteiger partial charge in [0.25, 0.3) is 5.91 Å². The van der Waals surface area contributed by atoms with Crippen LogP contribution in [0.4, 0.5) is 0 Å². The van der Waals surface area contributed by atoms with Gasteiger partial charge in [-0.3, -0.25) is 9.59 Å². The summed E-state index contributed by atoms with van der Waals surface area (Å²) in [4.78, 5) is 23.6. The van der Waals surface area contributed by atoms with Gasteiger partial charge in [-0.2, -0.15) is 0 Å². The van der Waals surface area contributed by atoms with E-state index in [0.29, 0.717) is 38.1 Å². The molecule has 26 heavy (non-hydrogen) atoms. The molecule has 2 rings (SSSR count). The molecule has 2 amide bonds. The highest BCUT2D eigenvalue weighted by Gasteiger charge is 2.05. The van der Waals surface area contributed by atoms with Crippen LogP contribution in [0.15, 0.2) is 54.6 Å². The third-order valence-corrected chi connectivity index (χ3v) is 3.65. The fraction of sp³-hybridized carbons (Fsp3) is 0.300. The molecule has 6 heteroatoms. The maximum absolute atomic E-state index is 11.8. The molecule has 0 saturated carbocycles. The molecular weight excluding hydrogens is 332 g/mol. The SMILES string of the molecule is COc1ccc(OCCNC(=O)CCCNC(=O)c2ccccc2)cc1. The van der Waals surface area contributed by atoms with E-state index in [1.54, 1.807) is 19.2 Å². The van der Waals surface area contributed by atoms with E-state index in [0.717, 1.165) is 11.5 Å². The molecule has 0 bridgehead atoms. The van der Waals surface area contributed by atoms with Crippen LogP contribution in [0.1, 0.15) is 23.2 Å². The molecule has 0 fully saturated rings. The number of hydrogen-bond acceptors (Lipinski definition) is 4. The molecule has 0 atom stereocenters. The number of carbonyl (C=O) groups excluding carboxylic acids is 2. The molecule has 0 heterocycles. The van der Waals surface area contributed by atoms with Crippen molar-refractivity contribution in [1.82, 2.24) is 10.6 Å². The molecule has 0 radical (unpaired) electrons. The summed E-state index contributed by atoms with van der Waals surface area (Å²) in [7, 11) is 1.61. The summed E-state index contributed by atoms with van der Waals surface area (Å²) in [5.74, 6) is 1.31. The van der Waals surface area contributed by atoms with Crippen LogP contribution in [0.2, 0.25) is 0 Å². The van der Waals surface area contributed by atoms with Crippen LogP contribution < -0.4 is 20.1 Å². The highest BCUT2D eigenvalue weighted by atomic mass is 16.5. The number of rotatable bonds is 10. The number of benzene rings is 2. The van der Waals surface area contributed by atoms with Crippen molar-refractivity contribution in [1.29, 1.82) is 0 Å². The third-order valence-electron chi connectivity index (χ3n) is 3.65. The average molecular weight is 356 g/mol. The number of hydrogen-bond donors (Lipinski definition) is 2. The molecule has 0 aliphatic heterocycles. The number of nitrogens with one attached hydrogen (secondary N) is 2. The normalized spacial score (nSPS) is 10.0. The number of ether oxygens (including phenoxy) is 2. The third kappa shape index (κ3) is 6.84. The average Bonchev–Trinajstić information content (AvgIpc) is 2.69. The Bertz CT molecular complexity index is 687. The molecule has 0 saturated heterocycles. The van der Waals surface area contributed by atoms with Crippen LogP contribution >= 0.6 is 0 Å². The van der Waals surface area contributed by atoms with Gasteiger partial charge >= 0.3 is 0 Å². The van der Waals surface area contributed by atoms with Crippen LogP contribution in [0.5, 0.6) is 11.5 Å². The predicted octanol–water partition coefficient (Wildman–Crippen LogP) is 2.40. The monoisotopic (exact) mass is 356 g/mol. The quantitative estimate of drug-likeness (QED) is 0.641. The summed E-state index contributed by atoms with van der Waals surface area (Å²) >= 11 is 0. The minimum absolute atomic E-state index is 0.0581. The molecular formula is C20H24N2O4. The van der Waals surface area contributed by atoms with Gasteiger partial charge < -0.3 is 20.1 Å². The molecule has 0 aliphatic rings. The molecule has 2 aromatic rings. The minimum atomic E-state index is -0.126. The second kappa shape index (κ2) is 10.8. The van der Waals surface area contributed by atoms with Crippen molar-refractivity contribution in [2.45, 2.75) is 12.8 Å². The van der Waals surface area contributed by atoms with Gasteiger partial charge in [-0.25, -0.2) is 0 Å². The molecule has 138 valence electrons. The van der Waals surface area contributed by atoms with Crippen molar-refractivity contribution in [2.24, 2.45) is 0 Å². The van der Waals surface area contributed by atoms with Gasteiger partial charge in [0.15, 0.2) is 0 Å². The summed E-state index contributed by atoms with van der Waals surface area (Å²) < 4.78 is 10.6. The number of amides is 2. The molecule has 0 spiro atoms. The Morgan fingerprint density at radius 3 is 2.27 bits per heavy atom. The van der Waals surface area contributed by atoms with Gasteiger partial charge in [0.1, 0.15) is 18.1 Å². The molecule has 0 aliphatic carbocycles. The zero-order valence-electron chi connectivity index (χ0n) is 14.9. The molecule has 6 nitrogen and oxygen atoms in total. The van der Waals surface area contributed by atoms with Gasteiger partial charge in [0.2, 0.25) is 5.91 Å². The van der Waals surface area contributed by atoms with E-state index in [2.05, 4.69) is 10.6 Å². The summed E-state index contributed by atoms with van der Waals surface area (Å²) in [6.45, 7) is 1.29. The van der Waals surface area contributed by atoms with Crippen molar-refractivity contribution in [3.63, 3.8) is 0 Å². The number of methoxy groups -OCH3 is 1. The van der Waals surface area contributed by atoms with Gasteiger partial charge in [0.05, 0.1) is 13.7 Å². The maximum atomic E-state index is 11.8. The Morgan fingerprint density at radius 1 is 0.885 bits per heavy atom. The summed E-state index contributed by atoms with van der Waals surface area (Å²) in [5, 5.41) is 5.59. The first-order chi connectivity index (χ1) is 12.7. The minimum Gasteiger partial charge on any atom is -0.497 e. The Morgan fingerprint density at radius 2 is 1.58 bits per heavy atom. The van der Waals surface area contributed by atoms with E-state index in [4.69, 9.17) is 9.47 Å². The summed E-state index contributed by atoms with van der Waals surface area (Å²) in [6.07, 6.45) is 0.946. The van der Waals surface area contributed by atoms with Crippen molar-refractivity contribution in [3.8, 4) is 11.5 Å². The highest BCUT2D eigenvalue weighted by molar-refractivity contribution is 5.94. The zero-order chi connectivity index (χ0) is 18.6. The van der Waals surface area contributed by atoms with Crippen LogP contribution in [-0.2, 0) is 4.79 Å². The zero-order valence-corrected chi connectivity index (χ0v) is 14.9. The second-order valence-corrected chi connectivity index (χ2v) is 5.60. The Hall–Kier alpha value is -3.02. The highest BCUT2D eigenvalue weighted by Crippen LogP contribution is 2.16. The Labute approximate surface area is 153 Å². The largest absolute Gasteiger partial charge is 0.497 e. The van der Waals surface area contributed by atoms with Crippen LogP contribution in [0.3, 0.4) is 0 Å². The maximum Gasteiger partial charge on any atom is 0.251 e. The standard InChI is InChI=1S/C20H24N2O4/c1-25-17-9-11-18(12-10-17)26-15-14-21-19(23)8-5-13-22-20(24)16-6-3-2-4-7-16/h2-4,6-7,9-12H,5,8,13-15H2,1H3,(H,21,23)(H,22,24). The van der Waals surface area contributed by atoms with Gasteiger partial charge in [-0.1, -0.05) is 18.2 Å². The topological polar surface area (TPSA) is 76.7 Å². The van der Waals surface area contributed by atoms with Gasteiger partial charge in [0, 0.05) is 18.5 Å². The molecule has 2 N–H and O–H groups in total. The van der Waals surface area contributed by atoms with E-state index in [1.165, 1.54) is 0 Å². The first-order valence-corrected chi connectivity index (χ1v) is 8.56. The van der Waals surface area contributed by atoms with Crippen molar-refractivity contribution >= 4 is 11.8 Å². The lowest BCUT2D eigenvalue weighted by Crippen LogP contribution is -2.29. The van der Waals surface area contributed by atoms with Crippen molar-refractivity contribution in [2.75, 3.05) is 26.8 Å². The smallest absolute Gasteiger partial charge is 0.251 e. The summed E-state index contributed by atoms with van der Waals surface area (Å²) in [5.41, 5.74) is 0.618. The predicted molar refractivity (Wildman–Crippen MR) is 99.5 cm³/mol. The van der Waals surface area contributed by atoms with Crippen molar-refractivity contribution < 1.29 is 19.1 Å². The molecule has 2 aromatic carbocycles. The van der Waals surface area contributed by atoms with Crippen LogP contribution in [0.25, 0.3) is 0 Å². The van der Waals surface area contributed by atoms with E-state index in [9.17, 15) is 9.59 Å². The van der Waals surface area contributed by atoms with E-state index < -0.39 is 0 Å². The lowest BCUT2D eigenvalue weighted by atomic mass is 10.2. The first-order valence-electron chi connectivity index (χ1n) is 8.56.